The second-order valence-electron chi connectivity index (χ2n) is 2.95. The summed E-state index contributed by atoms with van der Waals surface area (Å²) in [4.78, 5) is 0. The molecule has 0 heterocycles. The van der Waals surface area contributed by atoms with Crippen LogP contribution in [0.5, 0.6) is 0 Å². The van der Waals surface area contributed by atoms with Crippen molar-refractivity contribution in [3.63, 3.8) is 0 Å². The van der Waals surface area contributed by atoms with Crippen molar-refractivity contribution in [3.05, 3.63) is 0 Å². The van der Waals surface area contributed by atoms with E-state index >= 15 is 0 Å². The van der Waals surface area contributed by atoms with Crippen LogP contribution >= 0.6 is 0 Å². The maximum atomic E-state index is 12.7. The Morgan fingerprint density at radius 2 is 1.46 bits per heavy atom. The predicted molar refractivity (Wildman–Crippen MR) is 34.6 cm³/mol. The summed E-state index contributed by atoms with van der Waals surface area (Å²) < 4.78 is 65.0. The average Bonchev–Trinajstić information content (AvgIpc) is 2.30. The van der Waals surface area contributed by atoms with Crippen LogP contribution in [0.2, 0.25) is 0 Å². The first-order valence-corrected chi connectivity index (χ1v) is 3.89. The summed E-state index contributed by atoms with van der Waals surface area (Å²) in [5.41, 5.74) is 0. The van der Waals surface area contributed by atoms with Crippen LogP contribution in [0.4, 0.5) is 22.0 Å². The molecule has 0 radical (unpaired) electrons. The Labute approximate surface area is 71.9 Å². The average molecular weight is 204 g/mol. The molecule has 0 aromatic rings. The summed E-state index contributed by atoms with van der Waals surface area (Å²) in [6.07, 6.45) is 0.838. The molecule has 1 nitrogen and oxygen atoms in total. The number of unbranched alkanes of at least 4 members (excludes halogenated alkanes) is 1. The molecule has 0 saturated heterocycles. The Balaban J connectivity index is 2.51. The largest absolute Gasteiger partial charge is 0.380 e. The van der Waals surface area contributed by atoms with Gasteiger partial charge in [0, 0.05) is 0 Å². The van der Waals surface area contributed by atoms with Crippen molar-refractivity contribution >= 4 is 0 Å². The minimum absolute atomic E-state index is 0.276. The highest BCUT2D eigenvalue weighted by Gasteiger charge is 3.01. The zero-order valence-electron chi connectivity index (χ0n) is 6.92. The molecule has 78 valence electrons. The van der Waals surface area contributed by atoms with E-state index in [0.29, 0.717) is 6.42 Å². The normalized spacial score (nSPS) is 27.2. The van der Waals surface area contributed by atoms with Crippen molar-refractivity contribution in [1.29, 1.82) is 0 Å². The number of hydrogen-bond donors (Lipinski definition) is 0. The Morgan fingerprint density at radius 3 is 1.77 bits per heavy atom. The molecule has 0 bridgehead atoms. The molecule has 0 aliphatic heterocycles. The molecular formula is C7H9F5O. The highest BCUT2D eigenvalue weighted by Crippen LogP contribution is 2.68. The van der Waals surface area contributed by atoms with E-state index in [1.54, 1.807) is 6.92 Å². The van der Waals surface area contributed by atoms with Crippen molar-refractivity contribution in [3.8, 4) is 0 Å². The van der Waals surface area contributed by atoms with E-state index in [0.717, 1.165) is 0 Å². The minimum atomic E-state index is -4.67. The standard InChI is InChI=1S/C7H9F5O/c1-2-3-4-13-7(12)5(8,9)6(7,10)11/h2-4H2,1H3. The molecule has 1 saturated carbocycles. The van der Waals surface area contributed by atoms with Gasteiger partial charge in [-0.3, -0.25) is 0 Å². The van der Waals surface area contributed by atoms with Crippen molar-refractivity contribution in [2.24, 2.45) is 0 Å². The lowest BCUT2D eigenvalue weighted by Crippen LogP contribution is -2.19. The Morgan fingerprint density at radius 1 is 1.00 bits per heavy atom. The van der Waals surface area contributed by atoms with E-state index in [2.05, 4.69) is 4.74 Å². The lowest BCUT2D eigenvalue weighted by atomic mass is 10.4. The second-order valence-corrected chi connectivity index (χ2v) is 2.95. The Bertz CT molecular complexity index is 189. The van der Waals surface area contributed by atoms with Crippen LogP contribution in [0.3, 0.4) is 0 Å². The zero-order chi connectivity index (χ0) is 10.3. The molecule has 0 spiro atoms. The van der Waals surface area contributed by atoms with Crippen LogP contribution in [-0.2, 0) is 4.74 Å². The number of rotatable bonds is 4. The molecule has 0 N–H and O–H groups in total. The van der Waals surface area contributed by atoms with E-state index < -0.39 is 24.3 Å². The van der Waals surface area contributed by atoms with Crippen molar-refractivity contribution in [1.82, 2.24) is 0 Å². The molecule has 0 atom stereocenters. The fourth-order valence-corrected chi connectivity index (χ4v) is 0.902. The summed E-state index contributed by atoms with van der Waals surface area (Å²) in [5, 5.41) is 0. The van der Waals surface area contributed by atoms with Crippen LogP contribution in [0.25, 0.3) is 0 Å². The van der Waals surface area contributed by atoms with Gasteiger partial charge >= 0.3 is 17.7 Å². The van der Waals surface area contributed by atoms with E-state index in [-0.39, 0.29) is 6.42 Å². The van der Waals surface area contributed by atoms with Gasteiger partial charge in [-0.2, -0.15) is 22.0 Å². The summed E-state index contributed by atoms with van der Waals surface area (Å²) in [6, 6.07) is 0. The second kappa shape index (κ2) is 2.80. The molecule has 6 heteroatoms. The van der Waals surface area contributed by atoms with E-state index in [9.17, 15) is 22.0 Å². The predicted octanol–water partition coefficient (Wildman–Crippen LogP) is 2.75. The third-order valence-electron chi connectivity index (χ3n) is 1.94. The van der Waals surface area contributed by atoms with Crippen molar-refractivity contribution < 1.29 is 26.7 Å². The highest BCUT2D eigenvalue weighted by atomic mass is 19.3. The highest BCUT2D eigenvalue weighted by molar-refractivity contribution is 5.23. The van der Waals surface area contributed by atoms with Crippen molar-refractivity contribution in [2.45, 2.75) is 37.5 Å². The fraction of sp³-hybridized carbons (Fsp3) is 1.00. The van der Waals surface area contributed by atoms with E-state index in [1.165, 1.54) is 0 Å². The third-order valence-corrected chi connectivity index (χ3v) is 1.94. The Hall–Kier alpha value is -0.390. The molecule has 1 aliphatic carbocycles. The summed E-state index contributed by atoms with van der Waals surface area (Å²) in [6.45, 7) is 1.29. The number of hydrogen-bond acceptors (Lipinski definition) is 1. The van der Waals surface area contributed by atoms with Crippen LogP contribution in [-0.4, -0.2) is 24.3 Å². The zero-order valence-corrected chi connectivity index (χ0v) is 6.92. The maximum Gasteiger partial charge on any atom is 0.380 e. The van der Waals surface area contributed by atoms with Gasteiger partial charge in [-0.25, -0.2) is 0 Å². The first kappa shape index (κ1) is 10.7. The molecule has 0 aromatic carbocycles. The maximum absolute atomic E-state index is 12.7. The van der Waals surface area contributed by atoms with Crippen molar-refractivity contribution in [2.75, 3.05) is 6.61 Å². The monoisotopic (exact) mass is 204 g/mol. The molecule has 1 fully saturated rings. The molecule has 1 aliphatic rings. The number of ether oxygens (including phenoxy) is 1. The minimum Gasteiger partial charge on any atom is -0.336 e. The molecule has 1 rings (SSSR count). The number of halogens is 5. The smallest absolute Gasteiger partial charge is 0.336 e. The molecular weight excluding hydrogens is 195 g/mol. The van der Waals surface area contributed by atoms with E-state index in [1.807, 2.05) is 0 Å². The van der Waals surface area contributed by atoms with Gasteiger partial charge < -0.3 is 4.74 Å². The molecule has 0 unspecified atom stereocenters. The van der Waals surface area contributed by atoms with Gasteiger partial charge in [0.25, 0.3) is 0 Å². The lowest BCUT2D eigenvalue weighted by molar-refractivity contribution is -0.148. The van der Waals surface area contributed by atoms with Gasteiger partial charge in [-0.15, -0.1) is 0 Å². The lowest BCUT2D eigenvalue weighted by Gasteiger charge is -2.05. The summed E-state index contributed by atoms with van der Waals surface area (Å²) >= 11 is 0. The van der Waals surface area contributed by atoms with Gasteiger partial charge in [0.15, 0.2) is 0 Å². The van der Waals surface area contributed by atoms with Gasteiger partial charge in [0.2, 0.25) is 0 Å². The van der Waals surface area contributed by atoms with E-state index in [4.69, 9.17) is 0 Å². The van der Waals surface area contributed by atoms with Gasteiger partial charge in [0.05, 0.1) is 6.61 Å². The van der Waals surface area contributed by atoms with Crippen LogP contribution in [0.15, 0.2) is 0 Å². The fourth-order valence-electron chi connectivity index (χ4n) is 0.902. The molecule has 0 aromatic heterocycles. The third kappa shape index (κ3) is 1.14. The first-order chi connectivity index (χ1) is 5.81. The van der Waals surface area contributed by atoms with Gasteiger partial charge in [-0.05, 0) is 6.42 Å². The van der Waals surface area contributed by atoms with Crippen LogP contribution in [0.1, 0.15) is 19.8 Å². The van der Waals surface area contributed by atoms with Gasteiger partial charge in [-0.1, -0.05) is 13.3 Å². The topological polar surface area (TPSA) is 9.23 Å². The quantitative estimate of drug-likeness (QED) is 0.505. The molecule has 13 heavy (non-hydrogen) atoms. The van der Waals surface area contributed by atoms with Gasteiger partial charge in [0.1, 0.15) is 0 Å². The number of alkyl halides is 5. The van der Waals surface area contributed by atoms with Crippen LogP contribution in [0, 0.1) is 0 Å². The summed E-state index contributed by atoms with van der Waals surface area (Å²) in [7, 11) is 0. The molecule has 0 amide bonds. The SMILES string of the molecule is CCCCOC1(F)C(F)(F)C1(F)F. The summed E-state index contributed by atoms with van der Waals surface area (Å²) in [5.74, 6) is -13.4. The van der Waals surface area contributed by atoms with Crippen LogP contribution < -0.4 is 0 Å². The Kier molecular flexibility index (Phi) is 2.30. The first-order valence-electron chi connectivity index (χ1n) is 3.89.